The third-order valence-electron chi connectivity index (χ3n) is 3.93. The van der Waals surface area contributed by atoms with Crippen LogP contribution < -0.4 is 0 Å². The number of sulfone groups is 1. The van der Waals surface area contributed by atoms with Crippen molar-refractivity contribution in [2.24, 2.45) is 11.8 Å². The molecule has 0 radical (unpaired) electrons. The van der Waals surface area contributed by atoms with Crippen LogP contribution in [0.2, 0.25) is 0 Å². The quantitative estimate of drug-likeness (QED) is 0.739. The molecule has 2 atom stereocenters. The van der Waals surface area contributed by atoms with E-state index < -0.39 is 9.84 Å². The van der Waals surface area contributed by atoms with Gasteiger partial charge in [0, 0.05) is 11.8 Å². The lowest BCUT2D eigenvalue weighted by Gasteiger charge is -2.32. The first-order chi connectivity index (χ1) is 7.09. The minimum atomic E-state index is -2.80. The number of fused-ring (bicyclic) bond motifs is 2. The van der Waals surface area contributed by atoms with Crippen LogP contribution >= 0.6 is 23.2 Å². The van der Waals surface area contributed by atoms with Crippen molar-refractivity contribution >= 4 is 33.0 Å². The molecule has 88 valence electrons. The van der Waals surface area contributed by atoms with E-state index in [1.54, 1.807) is 0 Å². The highest BCUT2D eigenvalue weighted by Gasteiger charge is 2.47. The molecule has 0 spiro atoms. The first-order valence-electron chi connectivity index (χ1n) is 5.44. The first-order valence-corrected chi connectivity index (χ1v) is 8.12. The summed E-state index contributed by atoms with van der Waals surface area (Å²) in [5.41, 5.74) is 0. The summed E-state index contributed by atoms with van der Waals surface area (Å²) in [4.78, 5) is 0. The van der Waals surface area contributed by atoms with E-state index in [0.29, 0.717) is 17.7 Å². The Morgan fingerprint density at radius 1 is 1.07 bits per heavy atom. The van der Waals surface area contributed by atoms with Gasteiger partial charge < -0.3 is 0 Å². The van der Waals surface area contributed by atoms with Gasteiger partial charge in [0.2, 0.25) is 0 Å². The topological polar surface area (TPSA) is 34.1 Å². The Morgan fingerprint density at radius 2 is 1.53 bits per heavy atom. The molecule has 2 bridgehead atoms. The number of alkyl halides is 2. The lowest BCUT2D eigenvalue weighted by molar-refractivity contribution is 0.333. The SMILES string of the molecule is O=S1(=O)C2CCC1CC(C(CCl)CCl)C2. The number of hydrogen-bond donors (Lipinski definition) is 0. The average molecular weight is 271 g/mol. The maximum Gasteiger partial charge on any atom is 0.156 e. The van der Waals surface area contributed by atoms with Gasteiger partial charge in [0.15, 0.2) is 9.84 Å². The van der Waals surface area contributed by atoms with Crippen molar-refractivity contribution in [1.29, 1.82) is 0 Å². The summed E-state index contributed by atoms with van der Waals surface area (Å²) in [6.07, 6.45) is 3.26. The van der Waals surface area contributed by atoms with Crippen molar-refractivity contribution < 1.29 is 8.42 Å². The van der Waals surface area contributed by atoms with Crippen LogP contribution in [0.15, 0.2) is 0 Å². The Kier molecular flexibility index (Phi) is 3.54. The monoisotopic (exact) mass is 270 g/mol. The molecule has 2 nitrogen and oxygen atoms in total. The molecule has 5 heteroatoms. The maximum atomic E-state index is 11.9. The van der Waals surface area contributed by atoms with Crippen LogP contribution in [0.25, 0.3) is 0 Å². The van der Waals surface area contributed by atoms with Crippen LogP contribution in [0.3, 0.4) is 0 Å². The summed E-state index contributed by atoms with van der Waals surface area (Å²) in [5, 5.41) is -0.203. The lowest BCUT2D eigenvalue weighted by atomic mass is 9.88. The van der Waals surface area contributed by atoms with E-state index in [1.165, 1.54) is 0 Å². The Labute approximate surface area is 101 Å². The van der Waals surface area contributed by atoms with Gasteiger partial charge >= 0.3 is 0 Å². The van der Waals surface area contributed by atoms with E-state index in [9.17, 15) is 8.42 Å². The molecule has 2 fully saturated rings. The summed E-state index contributed by atoms with van der Waals surface area (Å²) >= 11 is 11.7. The Morgan fingerprint density at radius 3 is 1.93 bits per heavy atom. The highest BCUT2D eigenvalue weighted by Crippen LogP contribution is 2.43. The largest absolute Gasteiger partial charge is 0.228 e. The molecule has 2 heterocycles. The summed E-state index contributed by atoms with van der Waals surface area (Å²) < 4.78 is 23.7. The van der Waals surface area contributed by atoms with Crippen LogP contribution in [-0.2, 0) is 9.84 Å². The predicted octanol–water partition coefficient (Wildman–Crippen LogP) is 2.44. The molecule has 2 rings (SSSR count). The van der Waals surface area contributed by atoms with Crippen molar-refractivity contribution in [2.75, 3.05) is 11.8 Å². The van der Waals surface area contributed by atoms with Gasteiger partial charge in [-0.2, -0.15) is 0 Å². The number of hydrogen-bond acceptors (Lipinski definition) is 2. The number of rotatable bonds is 3. The van der Waals surface area contributed by atoms with Crippen molar-refractivity contribution in [3.8, 4) is 0 Å². The average Bonchev–Trinajstić information content (AvgIpc) is 2.43. The molecule has 0 saturated carbocycles. The molecule has 0 N–H and O–H groups in total. The fourth-order valence-corrected chi connectivity index (χ4v) is 6.26. The van der Waals surface area contributed by atoms with Crippen molar-refractivity contribution in [2.45, 2.75) is 36.2 Å². The summed E-state index contributed by atoms with van der Waals surface area (Å²) in [6.45, 7) is 0. The molecule has 0 aromatic heterocycles. The third-order valence-corrected chi connectivity index (χ3v) is 7.44. The second kappa shape index (κ2) is 4.42. The van der Waals surface area contributed by atoms with Crippen LogP contribution in [0.5, 0.6) is 0 Å². The second-order valence-corrected chi connectivity index (χ2v) is 7.84. The van der Waals surface area contributed by atoms with Gasteiger partial charge in [0.25, 0.3) is 0 Å². The van der Waals surface area contributed by atoms with Gasteiger partial charge in [0.05, 0.1) is 10.5 Å². The minimum Gasteiger partial charge on any atom is -0.228 e. The van der Waals surface area contributed by atoms with E-state index in [1.807, 2.05) is 0 Å². The standard InChI is InChI=1S/C10H16Cl2O2S/c11-5-8(6-12)7-3-9-1-2-10(4-7)15(9,13)14/h7-10H,1-6H2. The van der Waals surface area contributed by atoms with Crippen molar-refractivity contribution in [1.82, 2.24) is 0 Å². The van der Waals surface area contributed by atoms with Gasteiger partial charge in [-0.05, 0) is 37.5 Å². The predicted molar refractivity (Wildman–Crippen MR) is 63.4 cm³/mol. The normalized spacial score (nSPS) is 38.5. The summed E-state index contributed by atoms with van der Waals surface area (Å²) in [5.74, 6) is 1.80. The molecule has 2 aliphatic rings. The molecular weight excluding hydrogens is 255 g/mol. The molecule has 0 amide bonds. The van der Waals surface area contributed by atoms with E-state index >= 15 is 0 Å². The third kappa shape index (κ3) is 2.03. The van der Waals surface area contributed by atoms with Crippen LogP contribution in [-0.4, -0.2) is 30.7 Å². The van der Waals surface area contributed by atoms with Gasteiger partial charge in [0.1, 0.15) is 0 Å². The fourth-order valence-electron chi connectivity index (χ4n) is 2.93. The van der Waals surface area contributed by atoms with Crippen molar-refractivity contribution in [3.63, 3.8) is 0 Å². The summed E-state index contributed by atoms with van der Waals surface area (Å²) in [6, 6.07) is 0. The van der Waals surface area contributed by atoms with Crippen LogP contribution in [0, 0.1) is 11.8 Å². The summed E-state index contributed by atoms with van der Waals surface area (Å²) in [7, 11) is -2.80. The molecule has 0 aliphatic carbocycles. The molecule has 15 heavy (non-hydrogen) atoms. The zero-order chi connectivity index (χ0) is 11.1. The van der Waals surface area contributed by atoms with Gasteiger partial charge in [-0.25, -0.2) is 8.42 Å². The van der Waals surface area contributed by atoms with E-state index in [4.69, 9.17) is 23.2 Å². The van der Waals surface area contributed by atoms with Crippen molar-refractivity contribution in [3.05, 3.63) is 0 Å². The molecule has 2 saturated heterocycles. The van der Waals surface area contributed by atoms with E-state index in [-0.39, 0.29) is 16.4 Å². The Bertz CT molecular complexity index is 304. The molecule has 0 aromatic rings. The zero-order valence-electron chi connectivity index (χ0n) is 8.53. The first kappa shape index (κ1) is 12.0. The minimum absolute atomic E-state index is 0.102. The lowest BCUT2D eigenvalue weighted by Crippen LogP contribution is -2.36. The van der Waals surface area contributed by atoms with Gasteiger partial charge in [-0.3, -0.25) is 0 Å². The highest BCUT2D eigenvalue weighted by molar-refractivity contribution is 7.93. The van der Waals surface area contributed by atoms with Gasteiger partial charge in [-0.1, -0.05) is 0 Å². The number of halogens is 2. The van der Waals surface area contributed by atoms with Crippen LogP contribution in [0.4, 0.5) is 0 Å². The van der Waals surface area contributed by atoms with Crippen LogP contribution in [0.1, 0.15) is 25.7 Å². The zero-order valence-corrected chi connectivity index (χ0v) is 10.9. The van der Waals surface area contributed by atoms with Gasteiger partial charge in [-0.15, -0.1) is 23.2 Å². The maximum absolute atomic E-state index is 11.9. The molecular formula is C10H16Cl2O2S. The molecule has 2 unspecified atom stereocenters. The molecule has 2 aliphatic heterocycles. The molecule has 0 aromatic carbocycles. The van der Waals surface area contributed by atoms with E-state index in [0.717, 1.165) is 25.7 Å². The highest BCUT2D eigenvalue weighted by atomic mass is 35.5. The fraction of sp³-hybridized carbons (Fsp3) is 1.00. The smallest absolute Gasteiger partial charge is 0.156 e. The Hall–Kier alpha value is 0.530. The Balaban J connectivity index is 2.12. The second-order valence-electron chi connectivity index (χ2n) is 4.71. The van der Waals surface area contributed by atoms with E-state index in [2.05, 4.69) is 0 Å².